The number of aromatic nitrogens is 6. The molecule has 186 valence electrons. The first-order valence-electron chi connectivity index (χ1n) is 12.0. The van der Waals surface area contributed by atoms with Gasteiger partial charge in [-0.15, -0.1) is 0 Å². The summed E-state index contributed by atoms with van der Waals surface area (Å²) in [5, 5.41) is 4.49. The SMILES string of the molecule is CCCc1nn(C)c2c(=O)[nH]c(-c3cccc(OC4CCN(c5ncc(C(N)=O)cn5)CC4)c3)nc12. The number of nitrogens with one attached hydrogen (secondary N) is 1. The van der Waals surface area contributed by atoms with Crippen molar-refractivity contribution in [1.29, 1.82) is 0 Å². The van der Waals surface area contributed by atoms with E-state index in [1.807, 2.05) is 24.3 Å². The number of carbonyl (C=O) groups excluding carboxylic acids is 1. The molecule has 0 bridgehead atoms. The number of fused-ring (bicyclic) bond motifs is 1. The average molecular weight is 489 g/mol. The topological polar surface area (TPSA) is 145 Å². The molecule has 4 heterocycles. The molecule has 0 spiro atoms. The van der Waals surface area contributed by atoms with Gasteiger partial charge in [0.2, 0.25) is 5.95 Å². The molecule has 1 aromatic carbocycles. The Labute approximate surface area is 207 Å². The fourth-order valence-corrected chi connectivity index (χ4v) is 4.48. The molecule has 3 aromatic heterocycles. The largest absolute Gasteiger partial charge is 0.490 e. The Morgan fingerprint density at radius 3 is 2.67 bits per heavy atom. The van der Waals surface area contributed by atoms with Crippen molar-refractivity contribution in [3.8, 4) is 17.1 Å². The van der Waals surface area contributed by atoms with Crippen LogP contribution in [0.3, 0.4) is 0 Å². The third-order valence-electron chi connectivity index (χ3n) is 6.31. The molecule has 0 aliphatic carbocycles. The molecule has 5 rings (SSSR count). The molecule has 3 N–H and O–H groups in total. The van der Waals surface area contributed by atoms with Crippen molar-refractivity contribution in [3.63, 3.8) is 0 Å². The van der Waals surface area contributed by atoms with Crippen LogP contribution in [0.4, 0.5) is 5.95 Å². The molecule has 1 amide bonds. The van der Waals surface area contributed by atoms with E-state index in [0.29, 0.717) is 22.8 Å². The Balaban J connectivity index is 1.29. The summed E-state index contributed by atoms with van der Waals surface area (Å²) in [4.78, 5) is 42.2. The number of nitrogens with zero attached hydrogens (tertiary/aromatic N) is 6. The number of H-pyrrole nitrogens is 1. The van der Waals surface area contributed by atoms with Gasteiger partial charge in [0, 0.05) is 50.9 Å². The van der Waals surface area contributed by atoms with Crippen LogP contribution in [0, 0.1) is 0 Å². The second-order valence-corrected chi connectivity index (χ2v) is 8.90. The van der Waals surface area contributed by atoms with Gasteiger partial charge in [-0.25, -0.2) is 15.0 Å². The van der Waals surface area contributed by atoms with Crippen LogP contribution in [0.2, 0.25) is 0 Å². The lowest BCUT2D eigenvalue weighted by Crippen LogP contribution is -2.39. The number of hydrogen-bond acceptors (Lipinski definition) is 8. The summed E-state index contributed by atoms with van der Waals surface area (Å²) >= 11 is 0. The number of amides is 1. The lowest BCUT2D eigenvalue weighted by Gasteiger charge is -2.32. The Hall–Kier alpha value is -4.28. The minimum absolute atomic E-state index is 0.0327. The summed E-state index contributed by atoms with van der Waals surface area (Å²) < 4.78 is 7.87. The zero-order valence-corrected chi connectivity index (χ0v) is 20.3. The highest BCUT2D eigenvalue weighted by Gasteiger charge is 2.23. The van der Waals surface area contributed by atoms with Gasteiger partial charge in [-0.3, -0.25) is 14.3 Å². The quantitative estimate of drug-likeness (QED) is 0.403. The average Bonchev–Trinajstić information content (AvgIpc) is 3.20. The van der Waals surface area contributed by atoms with Crippen molar-refractivity contribution in [2.75, 3.05) is 18.0 Å². The lowest BCUT2D eigenvalue weighted by atomic mass is 10.1. The number of aryl methyl sites for hydroxylation is 2. The van der Waals surface area contributed by atoms with Gasteiger partial charge in [0.05, 0.1) is 11.3 Å². The molecule has 1 fully saturated rings. The zero-order chi connectivity index (χ0) is 25.2. The summed E-state index contributed by atoms with van der Waals surface area (Å²) in [6, 6.07) is 7.61. The number of piperidine rings is 1. The van der Waals surface area contributed by atoms with E-state index in [2.05, 4.69) is 31.9 Å². The second kappa shape index (κ2) is 9.76. The molecule has 0 saturated carbocycles. The van der Waals surface area contributed by atoms with Crippen LogP contribution in [0.1, 0.15) is 42.2 Å². The van der Waals surface area contributed by atoms with Crippen LogP contribution >= 0.6 is 0 Å². The first-order chi connectivity index (χ1) is 17.4. The van der Waals surface area contributed by atoms with E-state index in [4.69, 9.17) is 15.5 Å². The van der Waals surface area contributed by atoms with Gasteiger partial charge in [-0.05, 0) is 18.6 Å². The van der Waals surface area contributed by atoms with Gasteiger partial charge in [0.1, 0.15) is 23.2 Å². The van der Waals surface area contributed by atoms with Crippen molar-refractivity contribution in [3.05, 3.63) is 58.3 Å². The summed E-state index contributed by atoms with van der Waals surface area (Å²) in [5.74, 6) is 1.24. The van der Waals surface area contributed by atoms with Gasteiger partial charge in [0.15, 0.2) is 5.52 Å². The summed E-state index contributed by atoms with van der Waals surface area (Å²) in [7, 11) is 1.76. The monoisotopic (exact) mass is 488 g/mol. The molecule has 0 atom stereocenters. The number of anilines is 1. The number of nitrogens with two attached hydrogens (primary N) is 1. The molecular weight excluding hydrogens is 460 g/mol. The number of ether oxygens (including phenoxy) is 1. The van der Waals surface area contributed by atoms with E-state index in [9.17, 15) is 9.59 Å². The molecule has 1 aliphatic heterocycles. The Morgan fingerprint density at radius 2 is 1.97 bits per heavy atom. The van der Waals surface area contributed by atoms with Crippen LogP contribution in [-0.2, 0) is 13.5 Å². The Bertz CT molecular complexity index is 1450. The summed E-state index contributed by atoms with van der Waals surface area (Å²) in [6.45, 7) is 3.53. The van der Waals surface area contributed by atoms with Crippen molar-refractivity contribution < 1.29 is 9.53 Å². The van der Waals surface area contributed by atoms with Gasteiger partial charge < -0.3 is 20.4 Å². The minimum atomic E-state index is -0.545. The molecule has 0 radical (unpaired) electrons. The molecule has 36 heavy (non-hydrogen) atoms. The van der Waals surface area contributed by atoms with Crippen molar-refractivity contribution >= 4 is 22.9 Å². The van der Waals surface area contributed by atoms with Crippen LogP contribution in [0.15, 0.2) is 41.5 Å². The molecule has 11 nitrogen and oxygen atoms in total. The zero-order valence-electron chi connectivity index (χ0n) is 20.3. The van der Waals surface area contributed by atoms with Crippen LogP contribution in [-0.4, -0.2) is 54.8 Å². The standard InChI is InChI=1S/C25H28N8O3/c1-3-5-19-20-21(32(2)31-19)24(35)30-23(29-20)15-6-4-7-18(12-15)36-17-8-10-33(11-9-17)25-27-13-16(14-28-25)22(26)34/h4,6-7,12-14,17H,3,5,8-11H2,1-2H3,(H2,26,34)(H,29,30,35). The number of benzene rings is 1. The smallest absolute Gasteiger partial charge is 0.277 e. The third kappa shape index (κ3) is 4.64. The van der Waals surface area contributed by atoms with E-state index < -0.39 is 5.91 Å². The predicted octanol–water partition coefficient (Wildman–Crippen LogP) is 2.21. The van der Waals surface area contributed by atoms with Gasteiger partial charge in [0.25, 0.3) is 11.5 Å². The second-order valence-electron chi connectivity index (χ2n) is 8.90. The molecule has 4 aromatic rings. The van der Waals surface area contributed by atoms with Crippen LogP contribution in [0.5, 0.6) is 5.75 Å². The molecule has 11 heteroatoms. The maximum atomic E-state index is 12.8. The molecular formula is C25H28N8O3. The van der Waals surface area contributed by atoms with Crippen molar-refractivity contribution in [1.82, 2.24) is 29.7 Å². The maximum absolute atomic E-state index is 12.8. The fraction of sp³-hybridized carbons (Fsp3) is 0.360. The highest BCUT2D eigenvalue weighted by molar-refractivity contribution is 5.92. The predicted molar refractivity (Wildman–Crippen MR) is 135 cm³/mol. The summed E-state index contributed by atoms with van der Waals surface area (Å²) in [6.07, 6.45) is 6.20. The van der Waals surface area contributed by atoms with Crippen molar-refractivity contribution in [2.45, 2.75) is 38.7 Å². The number of primary amides is 1. The number of carbonyl (C=O) groups is 1. The first-order valence-corrected chi connectivity index (χ1v) is 12.0. The Morgan fingerprint density at radius 1 is 1.22 bits per heavy atom. The van der Waals surface area contributed by atoms with E-state index in [1.54, 1.807) is 11.7 Å². The van der Waals surface area contributed by atoms with Crippen LogP contribution in [0.25, 0.3) is 22.4 Å². The highest BCUT2D eigenvalue weighted by Crippen LogP contribution is 2.26. The lowest BCUT2D eigenvalue weighted by molar-refractivity contribution is 0.0999. The van der Waals surface area contributed by atoms with Gasteiger partial charge >= 0.3 is 0 Å². The van der Waals surface area contributed by atoms with E-state index in [-0.39, 0.29) is 17.2 Å². The normalized spacial score (nSPS) is 14.3. The van der Waals surface area contributed by atoms with E-state index in [1.165, 1.54) is 12.4 Å². The van der Waals surface area contributed by atoms with Crippen molar-refractivity contribution in [2.24, 2.45) is 12.8 Å². The molecule has 1 saturated heterocycles. The number of rotatable bonds is 7. The van der Waals surface area contributed by atoms with Gasteiger partial charge in [-0.2, -0.15) is 5.10 Å². The number of hydrogen-bond donors (Lipinski definition) is 2. The third-order valence-corrected chi connectivity index (χ3v) is 6.31. The van der Waals surface area contributed by atoms with E-state index in [0.717, 1.165) is 55.8 Å². The molecule has 0 unspecified atom stereocenters. The molecule has 1 aliphatic rings. The fourth-order valence-electron chi connectivity index (χ4n) is 4.48. The van der Waals surface area contributed by atoms with E-state index >= 15 is 0 Å². The summed E-state index contributed by atoms with van der Waals surface area (Å²) in [5.41, 5.74) is 8.06. The Kier molecular flexibility index (Phi) is 6.36. The van der Waals surface area contributed by atoms with Crippen LogP contribution < -0.4 is 20.9 Å². The highest BCUT2D eigenvalue weighted by atomic mass is 16.5. The first kappa shape index (κ1) is 23.5. The number of aromatic amines is 1. The maximum Gasteiger partial charge on any atom is 0.277 e. The van der Waals surface area contributed by atoms with Gasteiger partial charge in [-0.1, -0.05) is 25.5 Å². The minimum Gasteiger partial charge on any atom is -0.490 e.